The van der Waals surface area contributed by atoms with Crippen molar-refractivity contribution in [2.24, 2.45) is 11.7 Å². The molecule has 1 aliphatic rings. The summed E-state index contributed by atoms with van der Waals surface area (Å²) in [4.78, 5) is 2.16. The molecule has 2 N–H and O–H groups in total. The quantitative estimate of drug-likeness (QED) is 0.902. The molecule has 1 aromatic rings. The fraction of sp³-hybridized carbons (Fsp3) is 0.571. The molecule has 100 valence electrons. The second kappa shape index (κ2) is 6.02. The first-order valence-corrected chi connectivity index (χ1v) is 7.34. The molecule has 2 nitrogen and oxygen atoms in total. The van der Waals surface area contributed by atoms with E-state index in [2.05, 4.69) is 27.8 Å². The minimum atomic E-state index is -0.174. The lowest BCUT2D eigenvalue weighted by atomic mass is 10.0. The summed E-state index contributed by atoms with van der Waals surface area (Å²) in [5.74, 6) is 0.567. The highest BCUT2D eigenvalue weighted by Crippen LogP contribution is 2.31. The van der Waals surface area contributed by atoms with Crippen LogP contribution in [0.4, 0.5) is 10.1 Å². The molecule has 1 aliphatic heterocycles. The van der Waals surface area contributed by atoms with E-state index in [1.54, 1.807) is 0 Å². The van der Waals surface area contributed by atoms with Crippen LogP contribution in [-0.4, -0.2) is 13.1 Å². The van der Waals surface area contributed by atoms with Crippen LogP contribution < -0.4 is 10.6 Å². The van der Waals surface area contributed by atoms with E-state index in [1.807, 2.05) is 12.1 Å². The van der Waals surface area contributed by atoms with Gasteiger partial charge in [-0.25, -0.2) is 4.39 Å². The Morgan fingerprint density at radius 1 is 1.39 bits per heavy atom. The Hall–Kier alpha value is -0.610. The Labute approximate surface area is 116 Å². The summed E-state index contributed by atoms with van der Waals surface area (Å²) in [5.41, 5.74) is 7.10. The average Bonchev–Trinajstić information content (AvgIpc) is 2.58. The number of anilines is 1. The second-order valence-corrected chi connectivity index (χ2v) is 5.89. The summed E-state index contributed by atoms with van der Waals surface area (Å²) in [6, 6.07) is 3.77. The van der Waals surface area contributed by atoms with Crippen LogP contribution >= 0.6 is 15.9 Å². The van der Waals surface area contributed by atoms with E-state index >= 15 is 0 Å². The molecular formula is C14H20BrFN2. The predicted molar refractivity (Wildman–Crippen MR) is 77.2 cm³/mol. The minimum absolute atomic E-state index is 0.174. The summed E-state index contributed by atoms with van der Waals surface area (Å²) in [6.45, 7) is 4.50. The highest BCUT2D eigenvalue weighted by Gasteiger charge is 2.19. The van der Waals surface area contributed by atoms with Crippen molar-refractivity contribution in [3.63, 3.8) is 0 Å². The number of nitrogens with zero attached hydrogens (tertiary/aromatic N) is 1. The van der Waals surface area contributed by atoms with Crippen molar-refractivity contribution >= 4 is 21.6 Å². The van der Waals surface area contributed by atoms with Crippen molar-refractivity contribution in [1.29, 1.82) is 0 Å². The molecule has 1 unspecified atom stereocenters. The molecule has 18 heavy (non-hydrogen) atoms. The van der Waals surface area contributed by atoms with Crippen LogP contribution in [0.25, 0.3) is 0 Å². The number of nitrogens with two attached hydrogens (primary N) is 1. The lowest BCUT2D eigenvalue weighted by molar-refractivity contribution is 0.520. The fourth-order valence-electron chi connectivity index (χ4n) is 2.49. The molecule has 0 aliphatic carbocycles. The van der Waals surface area contributed by atoms with Gasteiger partial charge in [0.25, 0.3) is 0 Å². The molecule has 0 radical (unpaired) electrons. The van der Waals surface area contributed by atoms with Gasteiger partial charge in [0, 0.05) is 19.6 Å². The Bertz CT molecular complexity index is 423. The van der Waals surface area contributed by atoms with Crippen LogP contribution in [0.1, 0.15) is 31.7 Å². The molecule has 4 heteroatoms. The normalized spacial score (nSPS) is 20.9. The maximum Gasteiger partial charge on any atom is 0.160 e. The Kier molecular flexibility index (Phi) is 4.62. The maximum absolute atomic E-state index is 14.3. The van der Waals surface area contributed by atoms with E-state index in [1.165, 1.54) is 6.42 Å². The molecule has 1 atom stereocenters. The first kappa shape index (κ1) is 13.8. The monoisotopic (exact) mass is 314 g/mol. The topological polar surface area (TPSA) is 29.3 Å². The molecule has 2 rings (SSSR count). The Balaban J connectivity index is 2.25. The summed E-state index contributed by atoms with van der Waals surface area (Å²) < 4.78 is 14.8. The maximum atomic E-state index is 14.3. The zero-order chi connectivity index (χ0) is 13.1. The van der Waals surface area contributed by atoms with Crippen molar-refractivity contribution in [2.45, 2.75) is 32.7 Å². The van der Waals surface area contributed by atoms with E-state index in [0.29, 0.717) is 16.7 Å². The summed E-state index contributed by atoms with van der Waals surface area (Å²) in [5, 5.41) is 0. The molecule has 1 heterocycles. The van der Waals surface area contributed by atoms with Gasteiger partial charge in [-0.1, -0.05) is 13.0 Å². The first-order valence-electron chi connectivity index (χ1n) is 6.55. The molecule has 1 saturated heterocycles. The lowest BCUT2D eigenvalue weighted by Gasteiger charge is -2.24. The van der Waals surface area contributed by atoms with Crippen LogP contribution in [0.2, 0.25) is 0 Å². The van der Waals surface area contributed by atoms with Crippen LogP contribution in [0.15, 0.2) is 16.6 Å². The van der Waals surface area contributed by atoms with Crippen LogP contribution in [0, 0.1) is 11.7 Å². The van der Waals surface area contributed by atoms with Crippen molar-refractivity contribution in [3.8, 4) is 0 Å². The Morgan fingerprint density at radius 2 is 2.17 bits per heavy atom. The Morgan fingerprint density at radius 3 is 2.89 bits per heavy atom. The SMILES string of the molecule is CC1CCCN(c2ccc(CN)c(Br)c2F)CC1. The van der Waals surface area contributed by atoms with Crippen molar-refractivity contribution in [3.05, 3.63) is 28.0 Å². The van der Waals surface area contributed by atoms with Crippen LogP contribution in [0.3, 0.4) is 0 Å². The number of halogens is 2. The number of hydrogen-bond donors (Lipinski definition) is 1. The highest BCUT2D eigenvalue weighted by atomic mass is 79.9. The molecule has 0 amide bonds. The van der Waals surface area contributed by atoms with Crippen molar-refractivity contribution in [2.75, 3.05) is 18.0 Å². The average molecular weight is 315 g/mol. The van der Waals surface area contributed by atoms with Gasteiger partial charge in [-0.3, -0.25) is 0 Å². The van der Waals surface area contributed by atoms with Gasteiger partial charge in [0.1, 0.15) is 0 Å². The van der Waals surface area contributed by atoms with Crippen LogP contribution in [-0.2, 0) is 6.54 Å². The molecule has 1 fully saturated rings. The zero-order valence-corrected chi connectivity index (χ0v) is 12.3. The lowest BCUT2D eigenvalue weighted by Crippen LogP contribution is -2.25. The van der Waals surface area contributed by atoms with E-state index in [9.17, 15) is 4.39 Å². The van der Waals surface area contributed by atoms with Gasteiger partial charge in [0.2, 0.25) is 0 Å². The van der Waals surface area contributed by atoms with Gasteiger partial charge in [0.15, 0.2) is 5.82 Å². The highest BCUT2D eigenvalue weighted by molar-refractivity contribution is 9.10. The molecular weight excluding hydrogens is 295 g/mol. The minimum Gasteiger partial charge on any atom is -0.369 e. The summed E-state index contributed by atoms with van der Waals surface area (Å²) >= 11 is 3.31. The standard InChI is InChI=1S/C14H20BrFN2/c1-10-3-2-7-18(8-6-10)12-5-4-11(9-17)13(15)14(12)16/h4-5,10H,2-3,6-9,17H2,1H3. The van der Waals surface area contributed by atoms with E-state index in [0.717, 1.165) is 37.4 Å². The smallest absolute Gasteiger partial charge is 0.160 e. The summed E-state index contributed by atoms with van der Waals surface area (Å²) in [6.07, 6.45) is 3.51. The van der Waals surface area contributed by atoms with E-state index in [-0.39, 0.29) is 5.82 Å². The molecule has 1 aromatic carbocycles. The van der Waals surface area contributed by atoms with Gasteiger partial charge >= 0.3 is 0 Å². The third-order valence-corrected chi connectivity index (χ3v) is 4.58. The molecule has 0 aromatic heterocycles. The van der Waals surface area contributed by atoms with Gasteiger partial charge in [-0.2, -0.15) is 0 Å². The number of rotatable bonds is 2. The predicted octanol–water partition coefficient (Wildman–Crippen LogP) is 3.67. The van der Waals surface area contributed by atoms with Crippen molar-refractivity contribution in [1.82, 2.24) is 0 Å². The molecule has 0 bridgehead atoms. The molecule has 0 spiro atoms. The van der Waals surface area contributed by atoms with Gasteiger partial charge in [-0.15, -0.1) is 0 Å². The second-order valence-electron chi connectivity index (χ2n) is 5.10. The zero-order valence-electron chi connectivity index (χ0n) is 10.8. The third kappa shape index (κ3) is 2.86. The third-order valence-electron chi connectivity index (χ3n) is 3.72. The summed E-state index contributed by atoms with van der Waals surface area (Å²) in [7, 11) is 0. The van der Waals surface area contributed by atoms with Gasteiger partial charge < -0.3 is 10.6 Å². The van der Waals surface area contributed by atoms with Gasteiger partial charge in [0.05, 0.1) is 10.2 Å². The number of benzene rings is 1. The van der Waals surface area contributed by atoms with Gasteiger partial charge in [-0.05, 0) is 52.7 Å². The van der Waals surface area contributed by atoms with Crippen molar-refractivity contribution < 1.29 is 4.39 Å². The van der Waals surface area contributed by atoms with E-state index < -0.39 is 0 Å². The van der Waals surface area contributed by atoms with E-state index in [4.69, 9.17) is 5.73 Å². The molecule has 0 saturated carbocycles. The fourth-order valence-corrected chi connectivity index (χ4v) is 2.98. The largest absolute Gasteiger partial charge is 0.369 e. The number of hydrogen-bond acceptors (Lipinski definition) is 2. The first-order chi connectivity index (χ1) is 8.63. The van der Waals surface area contributed by atoms with Crippen LogP contribution in [0.5, 0.6) is 0 Å².